The highest BCUT2D eigenvalue weighted by Crippen LogP contribution is 2.07. The second-order valence-corrected chi connectivity index (χ2v) is 3.17. The lowest BCUT2D eigenvalue weighted by Crippen LogP contribution is -1.99. The predicted molar refractivity (Wildman–Crippen MR) is 54.9 cm³/mol. The van der Waals surface area contributed by atoms with Crippen molar-refractivity contribution in [3.63, 3.8) is 0 Å². The summed E-state index contributed by atoms with van der Waals surface area (Å²) >= 11 is 0. The van der Waals surface area contributed by atoms with Gasteiger partial charge in [0.25, 0.3) is 0 Å². The molecule has 0 rings (SSSR count). The van der Waals surface area contributed by atoms with Crippen molar-refractivity contribution in [2.24, 2.45) is 5.92 Å². The predicted octanol–water partition coefficient (Wildman–Crippen LogP) is 3.04. The summed E-state index contributed by atoms with van der Waals surface area (Å²) in [4.78, 5) is 0. The maximum atomic E-state index is 8.87. The van der Waals surface area contributed by atoms with Gasteiger partial charge in [-0.05, 0) is 19.3 Å². The average Bonchev–Trinajstić information content (AvgIpc) is 1.63. The normalized spacial score (nSPS) is 11.7. The summed E-state index contributed by atoms with van der Waals surface area (Å²) in [7, 11) is 0. The van der Waals surface area contributed by atoms with Crippen LogP contribution in [0.15, 0.2) is 0 Å². The highest BCUT2D eigenvalue weighted by molar-refractivity contribution is 5.85. The molecule has 0 fully saturated rings. The fraction of sp³-hybridized carbons (Fsp3) is 1.00. The Kier molecular flexibility index (Phi) is 16.8. The summed E-state index contributed by atoms with van der Waals surface area (Å²) in [6.45, 7) is 6.27. The lowest BCUT2D eigenvalue weighted by Gasteiger charge is -2.05. The number of halogens is 2. The maximum Gasteiger partial charge on any atom is 0.0512 e. The molecular formula is C8H20Cl2O. The monoisotopic (exact) mass is 202 g/mol. The van der Waals surface area contributed by atoms with Gasteiger partial charge in [0.1, 0.15) is 0 Å². The molecule has 1 nitrogen and oxygen atoms in total. The van der Waals surface area contributed by atoms with E-state index in [1.165, 1.54) is 6.42 Å². The topological polar surface area (TPSA) is 20.2 Å². The molecule has 1 atom stereocenters. The van der Waals surface area contributed by atoms with E-state index in [0.29, 0.717) is 0 Å². The Labute approximate surface area is 82.4 Å². The van der Waals surface area contributed by atoms with Gasteiger partial charge in [-0.1, -0.05) is 26.7 Å². The van der Waals surface area contributed by atoms with Gasteiger partial charge in [0, 0.05) is 0 Å². The van der Waals surface area contributed by atoms with Gasteiger partial charge in [-0.2, -0.15) is 0 Å². The van der Waals surface area contributed by atoms with E-state index in [9.17, 15) is 0 Å². The molecule has 0 aliphatic heterocycles. The molecule has 0 aliphatic rings. The Balaban J connectivity index is -0.000000320. The number of hydrogen-bond donors (Lipinski definition) is 1. The Morgan fingerprint density at radius 1 is 1.00 bits per heavy atom. The van der Waals surface area contributed by atoms with E-state index < -0.39 is 0 Å². The third kappa shape index (κ3) is 18.0. The lowest BCUT2D eigenvalue weighted by atomic mass is 10.1. The zero-order valence-corrected chi connectivity index (χ0v) is 9.17. The molecule has 0 spiro atoms. The summed E-state index contributed by atoms with van der Waals surface area (Å²) in [5.41, 5.74) is 0. The van der Waals surface area contributed by atoms with Gasteiger partial charge in [-0.15, -0.1) is 24.8 Å². The Hall–Kier alpha value is 0.540. The number of aliphatic hydroxyl groups is 1. The van der Waals surface area contributed by atoms with Crippen molar-refractivity contribution >= 4 is 24.8 Å². The van der Waals surface area contributed by atoms with Gasteiger partial charge in [-0.25, -0.2) is 0 Å². The van der Waals surface area contributed by atoms with E-state index in [2.05, 4.69) is 13.8 Å². The van der Waals surface area contributed by atoms with Crippen molar-refractivity contribution < 1.29 is 5.11 Å². The van der Waals surface area contributed by atoms with E-state index in [0.717, 1.165) is 18.8 Å². The molecule has 0 heterocycles. The summed E-state index contributed by atoms with van der Waals surface area (Å²) < 4.78 is 0. The van der Waals surface area contributed by atoms with E-state index in [1.807, 2.05) is 6.92 Å². The van der Waals surface area contributed by atoms with Crippen LogP contribution in [-0.2, 0) is 0 Å². The van der Waals surface area contributed by atoms with Crippen molar-refractivity contribution in [2.75, 3.05) is 0 Å². The van der Waals surface area contributed by atoms with Crippen LogP contribution < -0.4 is 0 Å². The fourth-order valence-electron chi connectivity index (χ4n) is 0.822. The van der Waals surface area contributed by atoms with Gasteiger partial charge >= 0.3 is 0 Å². The third-order valence-corrected chi connectivity index (χ3v) is 1.40. The molecule has 0 aliphatic carbocycles. The average molecular weight is 203 g/mol. The van der Waals surface area contributed by atoms with Crippen LogP contribution in [0.3, 0.4) is 0 Å². The standard InChI is InChI=1S/C8H18O.2ClH/c1-7(2)5-4-6-8(3)9;;/h7-9H,4-6H2,1-3H3;2*1H. The quantitative estimate of drug-likeness (QED) is 0.744. The first-order valence-corrected chi connectivity index (χ1v) is 3.81. The van der Waals surface area contributed by atoms with Crippen LogP contribution in [0.5, 0.6) is 0 Å². The van der Waals surface area contributed by atoms with E-state index >= 15 is 0 Å². The minimum absolute atomic E-state index is 0. The molecule has 11 heavy (non-hydrogen) atoms. The minimum atomic E-state index is -0.108. The lowest BCUT2D eigenvalue weighted by molar-refractivity contribution is 0.179. The summed E-state index contributed by atoms with van der Waals surface area (Å²) in [6.07, 6.45) is 3.25. The van der Waals surface area contributed by atoms with Crippen LogP contribution in [0.1, 0.15) is 40.0 Å². The van der Waals surface area contributed by atoms with Crippen LogP contribution in [0.25, 0.3) is 0 Å². The van der Waals surface area contributed by atoms with Gasteiger partial charge < -0.3 is 5.11 Å². The molecule has 0 saturated heterocycles. The van der Waals surface area contributed by atoms with E-state index in [-0.39, 0.29) is 30.9 Å². The molecule has 0 saturated carbocycles. The number of aliphatic hydroxyl groups excluding tert-OH is 1. The molecule has 0 aromatic heterocycles. The van der Waals surface area contributed by atoms with Crippen molar-refractivity contribution in [3.8, 4) is 0 Å². The van der Waals surface area contributed by atoms with Crippen LogP contribution >= 0.6 is 24.8 Å². The highest BCUT2D eigenvalue weighted by Gasteiger charge is 1.96. The summed E-state index contributed by atoms with van der Waals surface area (Å²) in [5, 5.41) is 8.87. The number of rotatable bonds is 4. The molecule has 0 bridgehead atoms. The summed E-state index contributed by atoms with van der Waals surface area (Å²) in [6, 6.07) is 0. The van der Waals surface area contributed by atoms with Crippen molar-refractivity contribution in [2.45, 2.75) is 46.1 Å². The van der Waals surface area contributed by atoms with Gasteiger partial charge in [0.2, 0.25) is 0 Å². The van der Waals surface area contributed by atoms with Crippen molar-refractivity contribution in [1.82, 2.24) is 0 Å². The molecule has 72 valence electrons. The van der Waals surface area contributed by atoms with Gasteiger partial charge in [-0.3, -0.25) is 0 Å². The van der Waals surface area contributed by atoms with Gasteiger partial charge in [0.15, 0.2) is 0 Å². The molecule has 0 radical (unpaired) electrons. The number of hydrogen-bond acceptors (Lipinski definition) is 1. The molecule has 0 amide bonds. The first-order chi connectivity index (χ1) is 4.13. The first kappa shape index (κ1) is 17.6. The fourth-order valence-corrected chi connectivity index (χ4v) is 0.822. The molecule has 1 N–H and O–H groups in total. The van der Waals surface area contributed by atoms with E-state index in [1.54, 1.807) is 0 Å². The molecule has 3 heteroatoms. The first-order valence-electron chi connectivity index (χ1n) is 3.81. The third-order valence-electron chi connectivity index (χ3n) is 1.40. The largest absolute Gasteiger partial charge is 0.393 e. The van der Waals surface area contributed by atoms with Crippen LogP contribution in [0.4, 0.5) is 0 Å². The molecule has 1 unspecified atom stereocenters. The zero-order chi connectivity index (χ0) is 7.28. The minimum Gasteiger partial charge on any atom is -0.393 e. The second-order valence-electron chi connectivity index (χ2n) is 3.17. The Morgan fingerprint density at radius 2 is 1.45 bits per heavy atom. The SMILES string of the molecule is CC(C)CCCC(C)O.Cl.Cl. The van der Waals surface area contributed by atoms with E-state index in [4.69, 9.17) is 5.11 Å². The zero-order valence-electron chi connectivity index (χ0n) is 7.54. The smallest absolute Gasteiger partial charge is 0.0512 e. The van der Waals surface area contributed by atoms with Crippen LogP contribution in [0.2, 0.25) is 0 Å². The maximum absolute atomic E-state index is 8.87. The molecule has 0 aromatic rings. The van der Waals surface area contributed by atoms with Crippen LogP contribution in [0, 0.1) is 5.92 Å². The second kappa shape index (κ2) is 10.5. The molecule has 0 aromatic carbocycles. The van der Waals surface area contributed by atoms with Gasteiger partial charge in [0.05, 0.1) is 6.10 Å². The highest BCUT2D eigenvalue weighted by atomic mass is 35.5. The Bertz CT molecular complexity index is 57.1. The van der Waals surface area contributed by atoms with Crippen molar-refractivity contribution in [3.05, 3.63) is 0 Å². The molecular weight excluding hydrogens is 183 g/mol. The van der Waals surface area contributed by atoms with Crippen LogP contribution in [-0.4, -0.2) is 11.2 Å². The summed E-state index contributed by atoms with van der Waals surface area (Å²) in [5.74, 6) is 0.781. The van der Waals surface area contributed by atoms with Crippen molar-refractivity contribution in [1.29, 1.82) is 0 Å². The Morgan fingerprint density at radius 3 is 1.73 bits per heavy atom.